The monoisotopic (exact) mass is 214 g/mol. The van der Waals surface area contributed by atoms with Crippen LogP contribution in [0.15, 0.2) is 30.5 Å². The Kier molecular flexibility index (Phi) is 2.61. The molecule has 4 nitrogen and oxygen atoms in total. The number of aromatic nitrogens is 1. The van der Waals surface area contributed by atoms with Crippen molar-refractivity contribution in [3.8, 4) is 6.07 Å². The van der Waals surface area contributed by atoms with Gasteiger partial charge in [0.05, 0.1) is 18.7 Å². The van der Waals surface area contributed by atoms with E-state index in [0.717, 1.165) is 10.9 Å². The highest BCUT2D eigenvalue weighted by atomic mass is 16.5. The third-order valence-corrected chi connectivity index (χ3v) is 2.46. The molecule has 0 amide bonds. The minimum Gasteiger partial charge on any atom is -0.468 e. The first-order valence-corrected chi connectivity index (χ1v) is 4.81. The van der Waals surface area contributed by atoms with Gasteiger partial charge in [-0.15, -0.1) is 0 Å². The van der Waals surface area contributed by atoms with Crippen molar-refractivity contribution in [2.75, 3.05) is 7.11 Å². The molecule has 0 radical (unpaired) electrons. The molecule has 1 aromatic carbocycles. The topological polar surface area (TPSA) is 55.0 Å². The fraction of sp³-hybridized carbons (Fsp3) is 0.167. The molecule has 0 atom stereocenters. The molecule has 0 bridgehead atoms. The zero-order valence-corrected chi connectivity index (χ0v) is 8.80. The highest BCUT2D eigenvalue weighted by Gasteiger charge is 2.07. The molecule has 0 spiro atoms. The summed E-state index contributed by atoms with van der Waals surface area (Å²) in [7, 11) is 1.36. The van der Waals surface area contributed by atoms with Gasteiger partial charge in [0.1, 0.15) is 6.54 Å². The Morgan fingerprint density at radius 1 is 1.50 bits per heavy atom. The van der Waals surface area contributed by atoms with Crippen LogP contribution in [-0.2, 0) is 16.1 Å². The van der Waals surface area contributed by atoms with Gasteiger partial charge in [0, 0.05) is 17.1 Å². The minimum atomic E-state index is -0.306. The van der Waals surface area contributed by atoms with Crippen LogP contribution in [0.1, 0.15) is 5.56 Å². The van der Waals surface area contributed by atoms with Gasteiger partial charge in [0.15, 0.2) is 0 Å². The highest BCUT2D eigenvalue weighted by molar-refractivity contribution is 5.87. The van der Waals surface area contributed by atoms with E-state index in [1.165, 1.54) is 7.11 Å². The Morgan fingerprint density at radius 2 is 2.31 bits per heavy atom. The number of esters is 1. The van der Waals surface area contributed by atoms with Crippen molar-refractivity contribution in [3.05, 3.63) is 36.0 Å². The van der Waals surface area contributed by atoms with Crippen molar-refractivity contribution in [1.29, 1.82) is 5.26 Å². The van der Waals surface area contributed by atoms with E-state index in [1.54, 1.807) is 22.9 Å². The quantitative estimate of drug-likeness (QED) is 0.715. The summed E-state index contributed by atoms with van der Waals surface area (Å²) in [5, 5.41) is 9.78. The number of nitrogens with zero attached hydrogens (tertiary/aromatic N) is 2. The van der Waals surface area contributed by atoms with Crippen LogP contribution in [0, 0.1) is 11.3 Å². The lowest BCUT2D eigenvalue weighted by Gasteiger charge is -2.03. The molecule has 1 heterocycles. The van der Waals surface area contributed by atoms with Crippen LogP contribution in [-0.4, -0.2) is 17.6 Å². The van der Waals surface area contributed by atoms with Gasteiger partial charge >= 0.3 is 5.97 Å². The summed E-state index contributed by atoms with van der Waals surface area (Å²) in [4.78, 5) is 11.2. The van der Waals surface area contributed by atoms with E-state index in [-0.39, 0.29) is 12.5 Å². The third-order valence-electron chi connectivity index (χ3n) is 2.46. The summed E-state index contributed by atoms with van der Waals surface area (Å²) in [6.07, 6.45) is 1.78. The zero-order valence-electron chi connectivity index (χ0n) is 8.80. The number of hydrogen-bond acceptors (Lipinski definition) is 3. The molecule has 0 fully saturated rings. The number of carbonyl (C=O) groups is 1. The molecule has 0 saturated carbocycles. The number of nitriles is 1. The molecule has 1 aromatic heterocycles. The molecule has 0 aliphatic carbocycles. The fourth-order valence-corrected chi connectivity index (χ4v) is 1.66. The van der Waals surface area contributed by atoms with Crippen molar-refractivity contribution in [3.63, 3.8) is 0 Å². The second kappa shape index (κ2) is 4.07. The number of rotatable bonds is 2. The van der Waals surface area contributed by atoms with E-state index in [4.69, 9.17) is 5.26 Å². The maximum atomic E-state index is 11.2. The summed E-state index contributed by atoms with van der Waals surface area (Å²) >= 11 is 0. The first kappa shape index (κ1) is 10.2. The van der Waals surface area contributed by atoms with Crippen LogP contribution in [0.25, 0.3) is 10.9 Å². The van der Waals surface area contributed by atoms with Crippen LogP contribution in [0.5, 0.6) is 0 Å². The first-order chi connectivity index (χ1) is 7.76. The number of fused-ring (bicyclic) bond motifs is 1. The summed E-state index contributed by atoms with van der Waals surface area (Å²) in [5.74, 6) is -0.306. The van der Waals surface area contributed by atoms with Gasteiger partial charge in [0.25, 0.3) is 0 Å². The molecule has 4 heteroatoms. The molecule has 80 valence electrons. The van der Waals surface area contributed by atoms with E-state index in [1.807, 2.05) is 12.1 Å². The Bertz CT molecular complexity index is 578. The number of benzene rings is 1. The maximum absolute atomic E-state index is 11.2. The van der Waals surface area contributed by atoms with Gasteiger partial charge in [0.2, 0.25) is 0 Å². The Hall–Kier alpha value is -2.28. The molecule has 2 rings (SSSR count). The van der Waals surface area contributed by atoms with Crippen molar-refractivity contribution in [1.82, 2.24) is 4.57 Å². The van der Waals surface area contributed by atoms with Crippen molar-refractivity contribution in [2.24, 2.45) is 0 Å². The summed E-state index contributed by atoms with van der Waals surface area (Å²) in [6, 6.07) is 9.38. The first-order valence-electron chi connectivity index (χ1n) is 4.81. The van der Waals surface area contributed by atoms with E-state index in [9.17, 15) is 4.79 Å². The van der Waals surface area contributed by atoms with E-state index in [2.05, 4.69) is 10.8 Å². The molecule has 0 aliphatic heterocycles. The summed E-state index contributed by atoms with van der Waals surface area (Å²) < 4.78 is 6.37. The van der Waals surface area contributed by atoms with Gasteiger partial charge in [-0.3, -0.25) is 4.79 Å². The predicted octanol–water partition coefficient (Wildman–Crippen LogP) is 1.69. The second-order valence-corrected chi connectivity index (χ2v) is 3.37. The summed E-state index contributed by atoms with van der Waals surface area (Å²) in [5.41, 5.74) is 1.48. The van der Waals surface area contributed by atoms with E-state index in [0.29, 0.717) is 5.56 Å². The Morgan fingerprint density at radius 3 is 3.00 bits per heavy atom. The smallest absolute Gasteiger partial charge is 0.325 e. The number of ether oxygens (including phenoxy) is 1. The van der Waals surface area contributed by atoms with Crippen LogP contribution in [0.3, 0.4) is 0 Å². The standard InChI is InChI=1S/C12H10N2O2/c1-16-12(15)8-14-6-5-10-9(7-13)3-2-4-11(10)14/h2-6H,8H2,1H3. The Balaban J connectivity index is 2.50. The third kappa shape index (κ3) is 1.63. The molecule has 0 saturated heterocycles. The number of carbonyl (C=O) groups excluding carboxylic acids is 1. The van der Waals surface area contributed by atoms with Crippen LogP contribution in [0.4, 0.5) is 0 Å². The highest BCUT2D eigenvalue weighted by Crippen LogP contribution is 2.19. The van der Waals surface area contributed by atoms with Gasteiger partial charge in [-0.1, -0.05) is 6.07 Å². The van der Waals surface area contributed by atoms with E-state index < -0.39 is 0 Å². The van der Waals surface area contributed by atoms with Crippen molar-refractivity contribution in [2.45, 2.75) is 6.54 Å². The van der Waals surface area contributed by atoms with Crippen molar-refractivity contribution < 1.29 is 9.53 Å². The van der Waals surface area contributed by atoms with Gasteiger partial charge < -0.3 is 9.30 Å². The van der Waals surface area contributed by atoms with Crippen molar-refractivity contribution >= 4 is 16.9 Å². The molecule has 16 heavy (non-hydrogen) atoms. The molecule has 2 aromatic rings. The Labute approximate surface area is 92.7 Å². The minimum absolute atomic E-state index is 0.162. The largest absolute Gasteiger partial charge is 0.468 e. The molecular formula is C12H10N2O2. The lowest BCUT2D eigenvalue weighted by Crippen LogP contribution is -2.10. The average Bonchev–Trinajstić information content (AvgIpc) is 2.72. The van der Waals surface area contributed by atoms with Crippen LogP contribution >= 0.6 is 0 Å². The predicted molar refractivity (Wildman–Crippen MR) is 58.7 cm³/mol. The lowest BCUT2D eigenvalue weighted by molar-refractivity contribution is -0.141. The molecule has 0 unspecified atom stereocenters. The summed E-state index contributed by atoms with van der Waals surface area (Å²) in [6.45, 7) is 0.162. The fourth-order valence-electron chi connectivity index (χ4n) is 1.66. The average molecular weight is 214 g/mol. The lowest BCUT2D eigenvalue weighted by atomic mass is 10.1. The normalized spacial score (nSPS) is 10.0. The maximum Gasteiger partial charge on any atom is 0.325 e. The number of hydrogen-bond donors (Lipinski definition) is 0. The molecular weight excluding hydrogens is 204 g/mol. The molecule has 0 aliphatic rings. The van der Waals surface area contributed by atoms with Gasteiger partial charge in [-0.2, -0.15) is 5.26 Å². The second-order valence-electron chi connectivity index (χ2n) is 3.37. The SMILES string of the molecule is COC(=O)Cn1ccc2c(C#N)cccc21. The molecule has 0 N–H and O–H groups in total. The van der Waals surface area contributed by atoms with E-state index >= 15 is 0 Å². The zero-order chi connectivity index (χ0) is 11.5. The number of methoxy groups -OCH3 is 1. The van der Waals surface area contributed by atoms with Crippen LogP contribution in [0.2, 0.25) is 0 Å². The van der Waals surface area contributed by atoms with Gasteiger partial charge in [-0.05, 0) is 18.2 Å². The van der Waals surface area contributed by atoms with Crippen LogP contribution < -0.4 is 0 Å². The van der Waals surface area contributed by atoms with Gasteiger partial charge in [-0.25, -0.2) is 0 Å².